The number of nitrogens with zero attached hydrogens (tertiary/aromatic N) is 2. The van der Waals surface area contributed by atoms with Gasteiger partial charge in [-0.3, -0.25) is 4.90 Å². The van der Waals surface area contributed by atoms with Gasteiger partial charge in [0.05, 0.1) is 24.7 Å². The fourth-order valence-electron chi connectivity index (χ4n) is 3.23. The number of hydrogen-bond donors (Lipinski definition) is 3. The second-order valence-electron chi connectivity index (χ2n) is 7.23. The molecule has 1 aliphatic heterocycles. The standard InChI is InChI=1S/C19H33N5O3S/c1-4-21-19(22-13-16-6-5-7-17(12-16)28(20,25)26)23-14-18(15(2)3)24-8-10-27-11-9-24/h5-7,12,15,18H,4,8-11,13-14H2,1-3H3,(H2,20,25,26)(H2,21,22,23). The number of benzene rings is 1. The summed E-state index contributed by atoms with van der Waals surface area (Å²) in [5.41, 5.74) is 0.789. The number of rotatable bonds is 8. The molecule has 1 saturated heterocycles. The lowest BCUT2D eigenvalue weighted by molar-refractivity contribution is 0.00752. The highest BCUT2D eigenvalue weighted by molar-refractivity contribution is 7.89. The van der Waals surface area contributed by atoms with Crippen LogP contribution >= 0.6 is 0 Å². The Bertz CT molecular complexity index is 746. The van der Waals surface area contributed by atoms with Crippen LogP contribution in [-0.4, -0.2) is 64.7 Å². The number of hydrogen-bond acceptors (Lipinski definition) is 5. The minimum Gasteiger partial charge on any atom is -0.379 e. The maximum atomic E-state index is 11.5. The van der Waals surface area contributed by atoms with Gasteiger partial charge in [-0.25, -0.2) is 18.5 Å². The molecule has 0 saturated carbocycles. The molecule has 1 aromatic rings. The Morgan fingerprint density at radius 2 is 2.00 bits per heavy atom. The molecule has 0 aliphatic carbocycles. The van der Waals surface area contributed by atoms with Gasteiger partial charge in [-0.15, -0.1) is 0 Å². The summed E-state index contributed by atoms with van der Waals surface area (Å²) in [6.07, 6.45) is 0. The number of sulfonamides is 1. The zero-order chi connectivity index (χ0) is 20.6. The maximum absolute atomic E-state index is 11.5. The molecule has 4 N–H and O–H groups in total. The minimum atomic E-state index is -3.71. The highest BCUT2D eigenvalue weighted by Crippen LogP contribution is 2.13. The molecule has 158 valence electrons. The predicted octanol–water partition coefficient (Wildman–Crippen LogP) is 0.746. The Hall–Kier alpha value is -1.68. The largest absolute Gasteiger partial charge is 0.379 e. The fraction of sp³-hybridized carbons (Fsp3) is 0.632. The van der Waals surface area contributed by atoms with Crippen LogP contribution in [0.15, 0.2) is 34.2 Å². The van der Waals surface area contributed by atoms with Gasteiger partial charge >= 0.3 is 0 Å². The summed E-state index contributed by atoms with van der Waals surface area (Å²) in [6, 6.07) is 6.96. The number of guanidine groups is 1. The number of nitrogens with two attached hydrogens (primary N) is 1. The number of primary sulfonamides is 1. The number of nitrogens with one attached hydrogen (secondary N) is 2. The Morgan fingerprint density at radius 3 is 2.61 bits per heavy atom. The van der Waals surface area contributed by atoms with Gasteiger partial charge in [0, 0.05) is 32.2 Å². The van der Waals surface area contributed by atoms with Gasteiger partial charge in [-0.1, -0.05) is 26.0 Å². The lowest BCUT2D eigenvalue weighted by atomic mass is 10.0. The molecular formula is C19H33N5O3S. The molecule has 2 rings (SSSR count). The lowest BCUT2D eigenvalue weighted by Gasteiger charge is -2.37. The highest BCUT2D eigenvalue weighted by Gasteiger charge is 2.23. The molecule has 0 radical (unpaired) electrons. The molecule has 0 bridgehead atoms. The smallest absolute Gasteiger partial charge is 0.238 e. The predicted molar refractivity (Wildman–Crippen MR) is 112 cm³/mol. The summed E-state index contributed by atoms with van der Waals surface area (Å²) >= 11 is 0. The third-order valence-corrected chi connectivity index (χ3v) is 5.66. The molecule has 1 aromatic carbocycles. The first kappa shape index (κ1) is 22.6. The Labute approximate surface area is 168 Å². The van der Waals surface area contributed by atoms with Crippen molar-refractivity contribution in [3.05, 3.63) is 29.8 Å². The van der Waals surface area contributed by atoms with E-state index in [2.05, 4.69) is 34.4 Å². The summed E-state index contributed by atoms with van der Waals surface area (Å²) in [5, 5.41) is 11.9. The topological polar surface area (TPSA) is 109 Å². The average Bonchev–Trinajstić information content (AvgIpc) is 2.66. The van der Waals surface area contributed by atoms with E-state index in [0.29, 0.717) is 24.5 Å². The monoisotopic (exact) mass is 411 g/mol. The van der Waals surface area contributed by atoms with E-state index < -0.39 is 10.0 Å². The molecule has 1 heterocycles. The Morgan fingerprint density at radius 1 is 1.29 bits per heavy atom. The normalized spacial score (nSPS) is 17.5. The van der Waals surface area contributed by atoms with Crippen LogP contribution in [0.5, 0.6) is 0 Å². The van der Waals surface area contributed by atoms with E-state index in [1.54, 1.807) is 12.1 Å². The summed E-state index contributed by atoms with van der Waals surface area (Å²) in [4.78, 5) is 7.16. The summed E-state index contributed by atoms with van der Waals surface area (Å²) in [6.45, 7) is 11.8. The van der Waals surface area contributed by atoms with Crippen molar-refractivity contribution in [1.82, 2.24) is 15.5 Å². The van der Waals surface area contributed by atoms with E-state index in [4.69, 9.17) is 9.88 Å². The third kappa shape index (κ3) is 7.05. The van der Waals surface area contributed by atoms with Crippen LogP contribution in [0.2, 0.25) is 0 Å². The molecular weight excluding hydrogens is 378 g/mol. The molecule has 1 fully saturated rings. The number of aliphatic imine (C=N–C) groups is 1. The van der Waals surface area contributed by atoms with Crippen LogP contribution in [0.4, 0.5) is 0 Å². The molecule has 0 amide bonds. The van der Waals surface area contributed by atoms with E-state index in [-0.39, 0.29) is 4.90 Å². The summed E-state index contributed by atoms with van der Waals surface area (Å²) in [7, 11) is -3.71. The molecule has 0 spiro atoms. The van der Waals surface area contributed by atoms with Gasteiger partial charge in [0.15, 0.2) is 5.96 Å². The number of morpholine rings is 1. The van der Waals surface area contributed by atoms with E-state index in [1.807, 2.05) is 13.0 Å². The molecule has 1 atom stereocenters. The van der Waals surface area contributed by atoms with Crippen LogP contribution < -0.4 is 15.8 Å². The first-order chi connectivity index (χ1) is 13.3. The van der Waals surface area contributed by atoms with Crippen molar-refractivity contribution in [3.8, 4) is 0 Å². The van der Waals surface area contributed by atoms with E-state index in [9.17, 15) is 8.42 Å². The Kier molecular flexibility index (Phi) is 8.68. The second-order valence-corrected chi connectivity index (χ2v) is 8.79. The molecule has 1 aliphatic rings. The lowest BCUT2D eigenvalue weighted by Crippen LogP contribution is -2.52. The van der Waals surface area contributed by atoms with Crippen molar-refractivity contribution >= 4 is 16.0 Å². The van der Waals surface area contributed by atoms with Crippen molar-refractivity contribution < 1.29 is 13.2 Å². The summed E-state index contributed by atoms with van der Waals surface area (Å²) in [5.74, 6) is 1.21. The SMILES string of the molecule is CCNC(=NCc1cccc(S(N)(=O)=O)c1)NCC(C(C)C)N1CCOCC1. The first-order valence-electron chi connectivity index (χ1n) is 9.77. The Balaban J connectivity index is 2.03. The van der Waals surface area contributed by atoms with Crippen LogP contribution in [0.1, 0.15) is 26.3 Å². The highest BCUT2D eigenvalue weighted by atomic mass is 32.2. The zero-order valence-electron chi connectivity index (χ0n) is 17.0. The maximum Gasteiger partial charge on any atom is 0.238 e. The quantitative estimate of drug-likeness (QED) is 0.430. The van der Waals surface area contributed by atoms with Crippen molar-refractivity contribution in [1.29, 1.82) is 0 Å². The molecule has 28 heavy (non-hydrogen) atoms. The van der Waals surface area contributed by atoms with Gasteiger partial charge < -0.3 is 15.4 Å². The first-order valence-corrected chi connectivity index (χ1v) is 11.3. The van der Waals surface area contributed by atoms with Gasteiger partial charge in [-0.2, -0.15) is 0 Å². The minimum absolute atomic E-state index is 0.102. The molecule has 8 nitrogen and oxygen atoms in total. The van der Waals surface area contributed by atoms with Gasteiger partial charge in [0.2, 0.25) is 10.0 Å². The fourth-order valence-corrected chi connectivity index (χ4v) is 3.81. The average molecular weight is 412 g/mol. The molecule has 1 unspecified atom stereocenters. The van der Waals surface area contributed by atoms with Crippen molar-refractivity contribution in [2.24, 2.45) is 16.0 Å². The van der Waals surface area contributed by atoms with Gasteiger partial charge in [-0.05, 0) is 30.5 Å². The summed E-state index contributed by atoms with van der Waals surface area (Å²) < 4.78 is 28.5. The van der Waals surface area contributed by atoms with Crippen molar-refractivity contribution in [2.45, 2.75) is 38.3 Å². The van der Waals surface area contributed by atoms with Crippen LogP contribution in [0.3, 0.4) is 0 Å². The van der Waals surface area contributed by atoms with Crippen molar-refractivity contribution in [3.63, 3.8) is 0 Å². The van der Waals surface area contributed by atoms with E-state index >= 15 is 0 Å². The van der Waals surface area contributed by atoms with Crippen LogP contribution in [-0.2, 0) is 21.3 Å². The van der Waals surface area contributed by atoms with Crippen LogP contribution in [0.25, 0.3) is 0 Å². The van der Waals surface area contributed by atoms with Gasteiger partial charge in [0.25, 0.3) is 0 Å². The van der Waals surface area contributed by atoms with Gasteiger partial charge in [0.1, 0.15) is 0 Å². The zero-order valence-corrected chi connectivity index (χ0v) is 17.8. The van der Waals surface area contributed by atoms with E-state index in [1.165, 1.54) is 6.07 Å². The van der Waals surface area contributed by atoms with E-state index in [0.717, 1.165) is 45.0 Å². The van der Waals surface area contributed by atoms with Crippen LogP contribution in [0, 0.1) is 5.92 Å². The number of ether oxygens (including phenoxy) is 1. The van der Waals surface area contributed by atoms with Crippen molar-refractivity contribution in [2.75, 3.05) is 39.4 Å². The molecule has 9 heteroatoms. The third-order valence-electron chi connectivity index (χ3n) is 4.75. The second kappa shape index (κ2) is 10.8. The molecule has 0 aromatic heterocycles.